The van der Waals surface area contributed by atoms with E-state index in [4.69, 9.17) is 0 Å². The molecule has 1 atom stereocenters. The summed E-state index contributed by atoms with van der Waals surface area (Å²) in [7, 11) is 0. The summed E-state index contributed by atoms with van der Waals surface area (Å²) in [4.78, 5) is 12.1. The predicted octanol–water partition coefficient (Wildman–Crippen LogP) is 4.12. The summed E-state index contributed by atoms with van der Waals surface area (Å²) in [5.74, 6) is 0.0106. The lowest BCUT2D eigenvalue weighted by Crippen LogP contribution is -2.26. The van der Waals surface area contributed by atoms with Crippen molar-refractivity contribution < 1.29 is 4.79 Å². The van der Waals surface area contributed by atoms with Crippen LogP contribution in [0.4, 0.5) is 0 Å². The minimum Gasteiger partial charge on any atom is -0.345 e. The van der Waals surface area contributed by atoms with Gasteiger partial charge in [-0.3, -0.25) is 4.79 Å². The lowest BCUT2D eigenvalue weighted by Gasteiger charge is -2.20. The van der Waals surface area contributed by atoms with Gasteiger partial charge >= 0.3 is 0 Å². The zero-order valence-corrected chi connectivity index (χ0v) is 12.5. The summed E-state index contributed by atoms with van der Waals surface area (Å²) in [6.07, 6.45) is 4.96. The van der Waals surface area contributed by atoms with Gasteiger partial charge in [0.05, 0.1) is 11.6 Å². The van der Waals surface area contributed by atoms with Crippen LogP contribution in [0.5, 0.6) is 0 Å². The molecule has 1 heterocycles. The number of fused-ring (bicyclic) bond motifs is 1. The third-order valence-electron chi connectivity index (χ3n) is 4.00. The molecule has 0 unspecified atom stereocenters. The van der Waals surface area contributed by atoms with Gasteiger partial charge in [0.2, 0.25) is 0 Å². The molecule has 1 amide bonds. The molecule has 0 bridgehead atoms. The van der Waals surface area contributed by atoms with Gasteiger partial charge in [-0.1, -0.05) is 18.2 Å². The molecule has 1 aliphatic carbocycles. The van der Waals surface area contributed by atoms with Gasteiger partial charge in [0.1, 0.15) is 0 Å². The molecule has 104 valence electrons. The Kier molecular flexibility index (Phi) is 3.88. The van der Waals surface area contributed by atoms with Gasteiger partial charge in [0.15, 0.2) is 0 Å². The van der Waals surface area contributed by atoms with Gasteiger partial charge in [0, 0.05) is 5.38 Å². The van der Waals surface area contributed by atoms with Gasteiger partial charge in [-0.25, -0.2) is 0 Å². The Morgan fingerprint density at radius 2 is 2.00 bits per heavy atom. The smallest absolute Gasteiger partial charge is 0.252 e. The Morgan fingerprint density at radius 3 is 2.75 bits per heavy atom. The zero-order valence-electron chi connectivity index (χ0n) is 11.7. The lowest BCUT2D eigenvalue weighted by atomic mass is 9.89. The average Bonchev–Trinajstić information content (AvgIpc) is 3.01. The number of hydrogen-bond donors (Lipinski definition) is 1. The van der Waals surface area contributed by atoms with E-state index in [2.05, 4.69) is 30.4 Å². The van der Waals surface area contributed by atoms with Gasteiger partial charge < -0.3 is 5.32 Å². The fourth-order valence-corrected chi connectivity index (χ4v) is 3.42. The van der Waals surface area contributed by atoms with Crippen molar-refractivity contribution in [3.63, 3.8) is 0 Å². The fraction of sp³-hybridized carbons (Fsp3) is 0.353. The number of aryl methyl sites for hydroxylation is 2. The van der Waals surface area contributed by atoms with Crippen LogP contribution in [0, 0.1) is 0 Å². The standard InChI is InChI=1S/C17H19NOS/c1-12(18-17(19)16-8-9-20-11-16)14-7-6-13-4-2-3-5-15(13)10-14/h6-12H,2-5H2,1H3,(H,18,19)/t12-/m1/s1. The summed E-state index contributed by atoms with van der Waals surface area (Å²) < 4.78 is 0. The van der Waals surface area contributed by atoms with Gasteiger partial charge in [-0.05, 0) is 60.7 Å². The first-order valence-electron chi connectivity index (χ1n) is 7.19. The Labute approximate surface area is 123 Å². The second kappa shape index (κ2) is 5.80. The number of benzene rings is 1. The molecule has 0 aliphatic heterocycles. The summed E-state index contributed by atoms with van der Waals surface area (Å²) in [5, 5.41) is 6.89. The predicted molar refractivity (Wildman–Crippen MR) is 83.3 cm³/mol. The van der Waals surface area contributed by atoms with Crippen LogP contribution in [0.3, 0.4) is 0 Å². The largest absolute Gasteiger partial charge is 0.345 e. The topological polar surface area (TPSA) is 29.1 Å². The van der Waals surface area contributed by atoms with E-state index < -0.39 is 0 Å². The Bertz CT molecular complexity index is 603. The zero-order chi connectivity index (χ0) is 13.9. The van der Waals surface area contributed by atoms with Crippen molar-refractivity contribution >= 4 is 17.2 Å². The number of hydrogen-bond acceptors (Lipinski definition) is 2. The number of nitrogens with one attached hydrogen (secondary N) is 1. The Hall–Kier alpha value is -1.61. The van der Waals surface area contributed by atoms with E-state index in [0.717, 1.165) is 5.56 Å². The van der Waals surface area contributed by atoms with Gasteiger partial charge in [0.25, 0.3) is 5.91 Å². The van der Waals surface area contributed by atoms with Crippen molar-refractivity contribution in [1.29, 1.82) is 0 Å². The van der Waals surface area contributed by atoms with Crippen molar-refractivity contribution in [1.82, 2.24) is 5.32 Å². The molecule has 0 fully saturated rings. The summed E-state index contributed by atoms with van der Waals surface area (Å²) in [6, 6.07) is 8.57. The minimum atomic E-state index is 0.0106. The first-order chi connectivity index (χ1) is 9.74. The van der Waals surface area contributed by atoms with Crippen LogP contribution in [0.25, 0.3) is 0 Å². The minimum absolute atomic E-state index is 0.0106. The summed E-state index contributed by atoms with van der Waals surface area (Å²) >= 11 is 1.55. The van der Waals surface area contributed by atoms with Crippen LogP contribution in [0.2, 0.25) is 0 Å². The van der Waals surface area contributed by atoms with Crippen molar-refractivity contribution in [2.75, 3.05) is 0 Å². The molecule has 0 radical (unpaired) electrons. The highest BCUT2D eigenvalue weighted by Gasteiger charge is 2.14. The molecule has 1 aromatic heterocycles. The lowest BCUT2D eigenvalue weighted by molar-refractivity contribution is 0.0940. The van der Waals surface area contributed by atoms with Crippen molar-refractivity contribution in [3.8, 4) is 0 Å². The van der Waals surface area contributed by atoms with Crippen molar-refractivity contribution in [2.45, 2.75) is 38.6 Å². The van der Waals surface area contributed by atoms with Crippen molar-refractivity contribution in [3.05, 3.63) is 57.3 Å². The number of rotatable bonds is 3. The first-order valence-corrected chi connectivity index (χ1v) is 8.13. The third kappa shape index (κ3) is 2.78. The van der Waals surface area contributed by atoms with E-state index in [1.54, 1.807) is 11.3 Å². The highest BCUT2D eigenvalue weighted by Crippen LogP contribution is 2.25. The van der Waals surface area contributed by atoms with Crippen molar-refractivity contribution in [2.24, 2.45) is 0 Å². The van der Waals surface area contributed by atoms with Crippen LogP contribution in [0.15, 0.2) is 35.0 Å². The number of carbonyl (C=O) groups excluding carboxylic acids is 1. The fourth-order valence-electron chi connectivity index (χ4n) is 2.78. The maximum atomic E-state index is 12.1. The normalized spacial score (nSPS) is 15.4. The number of amides is 1. The summed E-state index contributed by atoms with van der Waals surface area (Å²) in [5.41, 5.74) is 4.90. The molecule has 2 nitrogen and oxygen atoms in total. The Balaban J connectivity index is 1.74. The first kappa shape index (κ1) is 13.4. The molecule has 1 N–H and O–H groups in total. The second-order valence-electron chi connectivity index (χ2n) is 5.44. The quantitative estimate of drug-likeness (QED) is 0.903. The van der Waals surface area contributed by atoms with Crippen LogP contribution in [0.1, 0.15) is 52.9 Å². The average molecular weight is 285 g/mol. The maximum absolute atomic E-state index is 12.1. The van der Waals surface area contributed by atoms with E-state index >= 15 is 0 Å². The van der Waals surface area contributed by atoms with Gasteiger partial charge in [-0.2, -0.15) is 11.3 Å². The monoisotopic (exact) mass is 285 g/mol. The molecule has 1 aliphatic rings. The third-order valence-corrected chi connectivity index (χ3v) is 4.69. The van der Waals surface area contributed by atoms with E-state index in [1.807, 2.05) is 16.8 Å². The molecular formula is C17H19NOS. The van der Waals surface area contributed by atoms with E-state index in [-0.39, 0.29) is 11.9 Å². The molecule has 3 heteroatoms. The van der Waals surface area contributed by atoms with Crippen LogP contribution < -0.4 is 5.32 Å². The van der Waals surface area contributed by atoms with Crippen LogP contribution >= 0.6 is 11.3 Å². The highest BCUT2D eigenvalue weighted by atomic mass is 32.1. The SMILES string of the molecule is C[C@@H](NC(=O)c1ccsc1)c1ccc2c(c1)CCCC2. The second-order valence-corrected chi connectivity index (χ2v) is 6.22. The molecule has 0 saturated carbocycles. The summed E-state index contributed by atoms with van der Waals surface area (Å²) in [6.45, 7) is 2.05. The van der Waals surface area contributed by atoms with E-state index in [1.165, 1.54) is 42.4 Å². The number of carbonyl (C=O) groups is 1. The van der Waals surface area contributed by atoms with Gasteiger partial charge in [-0.15, -0.1) is 0 Å². The number of thiophene rings is 1. The van der Waals surface area contributed by atoms with Crippen LogP contribution in [-0.4, -0.2) is 5.91 Å². The molecule has 0 spiro atoms. The molecule has 2 aromatic rings. The molecule has 1 aromatic carbocycles. The van der Waals surface area contributed by atoms with E-state index in [9.17, 15) is 4.79 Å². The molecule has 20 heavy (non-hydrogen) atoms. The van der Waals surface area contributed by atoms with Crippen LogP contribution in [-0.2, 0) is 12.8 Å². The molecule has 0 saturated heterocycles. The molecular weight excluding hydrogens is 266 g/mol. The highest BCUT2D eigenvalue weighted by molar-refractivity contribution is 7.08. The molecule has 3 rings (SSSR count). The van der Waals surface area contributed by atoms with E-state index in [0.29, 0.717) is 0 Å². The Morgan fingerprint density at radius 1 is 1.20 bits per heavy atom. The maximum Gasteiger partial charge on any atom is 0.252 e.